The number of hydrogen-bond donors (Lipinski definition) is 3. The van der Waals surface area contributed by atoms with E-state index in [1.165, 1.54) is 66.0 Å². The molecule has 1 saturated heterocycles. The molecule has 3 aromatic rings. The van der Waals surface area contributed by atoms with Gasteiger partial charge in [0.05, 0.1) is 10.5 Å². The molecule has 1 aromatic heterocycles. The number of nitro groups is 1. The Hall–Kier alpha value is -4.19. The molecule has 12 heteroatoms. The van der Waals surface area contributed by atoms with Crippen molar-refractivity contribution in [2.24, 2.45) is 5.92 Å². The lowest BCUT2D eigenvalue weighted by atomic mass is 9.79. The molecule has 2 heterocycles. The lowest BCUT2D eigenvalue weighted by molar-refractivity contribution is -0.384. The van der Waals surface area contributed by atoms with E-state index in [0.29, 0.717) is 0 Å². The quantitative estimate of drug-likeness (QED) is 0.291. The first-order chi connectivity index (χ1) is 16.0. The van der Waals surface area contributed by atoms with Crippen molar-refractivity contribution in [3.05, 3.63) is 88.2 Å². The van der Waals surface area contributed by atoms with Crippen molar-refractivity contribution in [3.8, 4) is 11.3 Å². The highest BCUT2D eigenvalue weighted by Crippen LogP contribution is 2.45. The number of rotatable bonds is 5. The predicted molar refractivity (Wildman–Crippen MR) is 110 cm³/mol. The molecule has 34 heavy (non-hydrogen) atoms. The Morgan fingerprint density at radius 2 is 1.71 bits per heavy atom. The molecule has 0 aliphatic carbocycles. The summed E-state index contributed by atoms with van der Waals surface area (Å²) in [6.07, 6.45) is -5.42. The van der Waals surface area contributed by atoms with Gasteiger partial charge in [0.2, 0.25) is 5.72 Å². The zero-order valence-electron chi connectivity index (χ0n) is 17.1. The van der Waals surface area contributed by atoms with E-state index in [-0.39, 0.29) is 28.3 Å². The van der Waals surface area contributed by atoms with Crippen LogP contribution >= 0.6 is 0 Å². The van der Waals surface area contributed by atoms with Crippen molar-refractivity contribution >= 4 is 17.5 Å². The number of furan rings is 1. The second-order valence-electron chi connectivity index (χ2n) is 7.52. The molecule has 0 radical (unpaired) electrons. The van der Waals surface area contributed by atoms with E-state index >= 15 is 0 Å². The highest BCUT2D eigenvalue weighted by molar-refractivity contribution is 6.00. The van der Waals surface area contributed by atoms with Gasteiger partial charge < -0.3 is 20.2 Å². The van der Waals surface area contributed by atoms with Crippen LogP contribution in [-0.4, -0.2) is 33.7 Å². The second-order valence-corrected chi connectivity index (χ2v) is 7.52. The summed E-state index contributed by atoms with van der Waals surface area (Å²) in [6, 6.07) is 11.8. The molecule has 2 aromatic carbocycles. The van der Waals surface area contributed by atoms with Gasteiger partial charge in [-0.15, -0.1) is 0 Å². The zero-order chi connectivity index (χ0) is 24.7. The number of alkyl halides is 3. The van der Waals surface area contributed by atoms with Crippen LogP contribution in [0.25, 0.3) is 11.3 Å². The van der Waals surface area contributed by atoms with Crippen molar-refractivity contribution in [2.75, 3.05) is 0 Å². The number of nitrogens with one attached hydrogen (secondary N) is 2. The summed E-state index contributed by atoms with van der Waals surface area (Å²) in [4.78, 5) is 36.0. The van der Waals surface area contributed by atoms with E-state index in [1.807, 2.05) is 0 Å². The van der Waals surface area contributed by atoms with E-state index in [1.54, 1.807) is 6.07 Å². The summed E-state index contributed by atoms with van der Waals surface area (Å²) in [5.74, 6) is -3.77. The molecule has 3 N–H and O–H groups in total. The minimum Gasteiger partial charge on any atom is -0.459 e. The Labute approximate surface area is 189 Å². The molecule has 2 amide bonds. The van der Waals surface area contributed by atoms with Gasteiger partial charge in [0, 0.05) is 11.6 Å². The number of benzene rings is 2. The number of aliphatic hydroxyl groups is 1. The molecule has 0 bridgehead atoms. The van der Waals surface area contributed by atoms with Crippen LogP contribution in [0.1, 0.15) is 22.2 Å². The van der Waals surface area contributed by atoms with Crippen LogP contribution in [0.5, 0.6) is 0 Å². The molecular formula is C22H16F3N3O6. The molecule has 0 unspecified atom stereocenters. The summed E-state index contributed by atoms with van der Waals surface area (Å²) in [5.41, 5.74) is -4.33. The number of nitro benzene ring substituents is 1. The molecular weight excluding hydrogens is 459 g/mol. The Morgan fingerprint density at radius 3 is 2.35 bits per heavy atom. The third-order valence-electron chi connectivity index (χ3n) is 5.45. The molecule has 0 saturated carbocycles. The van der Waals surface area contributed by atoms with Gasteiger partial charge in [0.1, 0.15) is 23.5 Å². The van der Waals surface area contributed by atoms with Crippen LogP contribution in [0, 0.1) is 16.0 Å². The van der Waals surface area contributed by atoms with E-state index < -0.39 is 40.6 Å². The fraction of sp³-hybridized carbons (Fsp3) is 0.182. The maximum Gasteiger partial charge on any atom is 0.437 e. The number of hydrogen-bond acceptors (Lipinski definition) is 6. The highest BCUT2D eigenvalue weighted by atomic mass is 19.4. The van der Waals surface area contributed by atoms with Gasteiger partial charge >= 0.3 is 12.2 Å². The SMILES string of the molecule is O=C1N[C@@H](c2ccc(-c3ccccc3[N+](=O)[O-])o2)[C@@H](C(=O)c2ccccc2)[C@](O)(C(F)(F)F)N1. The summed E-state index contributed by atoms with van der Waals surface area (Å²) >= 11 is 0. The van der Waals surface area contributed by atoms with Crippen molar-refractivity contribution in [2.45, 2.75) is 17.9 Å². The monoisotopic (exact) mass is 475 g/mol. The van der Waals surface area contributed by atoms with Crippen molar-refractivity contribution in [3.63, 3.8) is 0 Å². The van der Waals surface area contributed by atoms with E-state index in [4.69, 9.17) is 4.42 Å². The summed E-state index contributed by atoms with van der Waals surface area (Å²) in [7, 11) is 0. The van der Waals surface area contributed by atoms with Gasteiger partial charge in [-0.1, -0.05) is 42.5 Å². The number of carbonyl (C=O) groups is 2. The minimum absolute atomic E-state index is 0.0380. The first-order valence-corrected chi connectivity index (χ1v) is 9.83. The first-order valence-electron chi connectivity index (χ1n) is 9.83. The standard InChI is InChI=1S/C22H16F3N3O6/c23-22(24,25)21(31)17(19(29)12-6-2-1-3-7-12)18(26-20(30)27-21)16-11-10-15(34-16)13-8-4-5-9-14(13)28(32)33/h1-11,17-18,31H,(H2,26,27,30)/t17-,18-,21-/m0/s1. The van der Waals surface area contributed by atoms with Crippen molar-refractivity contribution in [1.29, 1.82) is 0 Å². The van der Waals surface area contributed by atoms with Crippen LogP contribution in [0.4, 0.5) is 23.7 Å². The topological polar surface area (TPSA) is 135 Å². The Morgan fingerprint density at radius 1 is 1.06 bits per heavy atom. The van der Waals surface area contributed by atoms with Crippen LogP contribution < -0.4 is 10.6 Å². The van der Waals surface area contributed by atoms with Crippen LogP contribution in [0.3, 0.4) is 0 Å². The maximum atomic E-state index is 14.0. The number of nitrogens with zero attached hydrogens (tertiary/aromatic N) is 1. The lowest BCUT2D eigenvalue weighted by Crippen LogP contribution is -2.72. The molecule has 1 aliphatic rings. The van der Waals surface area contributed by atoms with E-state index in [2.05, 4.69) is 5.32 Å². The average Bonchev–Trinajstić information content (AvgIpc) is 3.28. The van der Waals surface area contributed by atoms with Crippen LogP contribution in [0.2, 0.25) is 0 Å². The van der Waals surface area contributed by atoms with E-state index in [0.717, 1.165) is 0 Å². The average molecular weight is 475 g/mol. The van der Waals surface area contributed by atoms with Crippen LogP contribution in [0.15, 0.2) is 71.1 Å². The fourth-order valence-corrected chi connectivity index (χ4v) is 3.86. The maximum absolute atomic E-state index is 14.0. The van der Waals surface area contributed by atoms with Crippen LogP contribution in [-0.2, 0) is 0 Å². The largest absolute Gasteiger partial charge is 0.459 e. The minimum atomic E-state index is -5.42. The molecule has 9 nitrogen and oxygen atoms in total. The zero-order valence-corrected chi connectivity index (χ0v) is 17.1. The van der Waals surface area contributed by atoms with Crippen molar-refractivity contribution in [1.82, 2.24) is 10.6 Å². The number of amides is 2. The summed E-state index contributed by atoms with van der Waals surface area (Å²) in [6.45, 7) is 0. The van der Waals surface area contributed by atoms with Gasteiger partial charge in [0.15, 0.2) is 5.78 Å². The Bertz CT molecular complexity index is 1260. The third-order valence-corrected chi connectivity index (χ3v) is 5.45. The molecule has 0 spiro atoms. The number of para-hydroxylation sites is 1. The summed E-state index contributed by atoms with van der Waals surface area (Å²) in [5, 5.41) is 25.6. The molecule has 1 aliphatic heterocycles. The molecule has 3 atom stereocenters. The van der Waals surface area contributed by atoms with Crippen molar-refractivity contribution < 1.29 is 37.2 Å². The Kier molecular flexibility index (Phi) is 5.61. The molecule has 4 rings (SSSR count). The third kappa shape index (κ3) is 3.88. The highest BCUT2D eigenvalue weighted by Gasteiger charge is 2.66. The number of Topliss-reactive ketones (excluding diaryl/α,β-unsaturated/α-hetero) is 1. The van der Waals surface area contributed by atoms with Gasteiger partial charge in [-0.25, -0.2) is 4.79 Å². The van der Waals surface area contributed by atoms with Gasteiger partial charge in [-0.2, -0.15) is 13.2 Å². The lowest BCUT2D eigenvalue weighted by Gasteiger charge is -2.44. The number of halogens is 3. The fourth-order valence-electron chi connectivity index (χ4n) is 3.86. The molecule has 176 valence electrons. The number of carbonyl (C=O) groups excluding carboxylic acids is 2. The predicted octanol–water partition coefficient (Wildman–Crippen LogP) is 3.96. The first kappa shape index (κ1) is 23.0. The van der Waals surface area contributed by atoms with Gasteiger partial charge in [0.25, 0.3) is 5.69 Å². The smallest absolute Gasteiger partial charge is 0.437 e. The van der Waals surface area contributed by atoms with Gasteiger partial charge in [-0.05, 0) is 18.2 Å². The summed E-state index contributed by atoms with van der Waals surface area (Å²) < 4.78 is 47.5. The number of ketones is 1. The second kappa shape index (κ2) is 8.30. The Balaban J connectivity index is 1.83. The van der Waals surface area contributed by atoms with E-state index in [9.17, 15) is 38.0 Å². The van der Waals surface area contributed by atoms with Gasteiger partial charge in [-0.3, -0.25) is 14.9 Å². The molecule has 1 fully saturated rings. The number of urea groups is 1. The normalized spacial score (nSPS) is 22.5.